The number of nitrogens with zero attached hydrogens (tertiary/aromatic N) is 2. The Balaban J connectivity index is 1.77. The van der Waals surface area contributed by atoms with Crippen molar-refractivity contribution in [2.45, 2.75) is 13.5 Å². The standard InChI is InChI=1S/C17H21N5O/c1-13-5-3-6-14(9-13)10-20-17(18-2)21-12-16(23)22-15-7-4-8-19-11-15/h3-9,11H,10,12H2,1-2H3,(H,22,23)(H2,18,20,21). The molecule has 0 aliphatic rings. The molecule has 1 aromatic heterocycles. The second-order valence-electron chi connectivity index (χ2n) is 5.06. The van der Waals surface area contributed by atoms with Gasteiger partial charge in [-0.05, 0) is 24.6 Å². The van der Waals surface area contributed by atoms with Gasteiger partial charge in [-0.3, -0.25) is 14.8 Å². The number of carbonyl (C=O) groups is 1. The molecule has 0 saturated carbocycles. The minimum absolute atomic E-state index is 0.127. The fourth-order valence-corrected chi connectivity index (χ4v) is 2.03. The summed E-state index contributed by atoms with van der Waals surface area (Å²) in [5, 5.41) is 8.92. The molecule has 0 fully saturated rings. The van der Waals surface area contributed by atoms with Crippen molar-refractivity contribution < 1.29 is 4.79 Å². The first-order valence-electron chi connectivity index (χ1n) is 7.37. The van der Waals surface area contributed by atoms with Gasteiger partial charge in [0.15, 0.2) is 5.96 Å². The summed E-state index contributed by atoms with van der Waals surface area (Å²) in [5.74, 6) is 0.421. The minimum atomic E-state index is -0.156. The molecule has 2 aromatic rings. The molecule has 6 heteroatoms. The summed E-state index contributed by atoms with van der Waals surface area (Å²) in [6.07, 6.45) is 3.26. The average molecular weight is 311 g/mol. The molecule has 120 valence electrons. The highest BCUT2D eigenvalue weighted by molar-refractivity contribution is 5.94. The lowest BCUT2D eigenvalue weighted by molar-refractivity contribution is -0.115. The van der Waals surface area contributed by atoms with E-state index >= 15 is 0 Å². The number of aromatic nitrogens is 1. The third kappa shape index (κ3) is 5.78. The Morgan fingerprint density at radius 3 is 2.78 bits per heavy atom. The Bertz CT molecular complexity index is 670. The minimum Gasteiger partial charge on any atom is -0.352 e. The van der Waals surface area contributed by atoms with Crippen molar-refractivity contribution in [2.24, 2.45) is 4.99 Å². The monoisotopic (exact) mass is 311 g/mol. The Hall–Kier alpha value is -2.89. The SMILES string of the molecule is CN=C(NCC(=O)Nc1cccnc1)NCc1cccc(C)c1. The average Bonchev–Trinajstić information content (AvgIpc) is 2.56. The molecular weight excluding hydrogens is 290 g/mol. The van der Waals surface area contributed by atoms with Crippen LogP contribution >= 0.6 is 0 Å². The number of benzene rings is 1. The van der Waals surface area contributed by atoms with Gasteiger partial charge < -0.3 is 16.0 Å². The van der Waals surface area contributed by atoms with E-state index in [4.69, 9.17) is 0 Å². The summed E-state index contributed by atoms with van der Waals surface area (Å²) in [7, 11) is 1.67. The highest BCUT2D eigenvalue weighted by atomic mass is 16.1. The molecule has 3 N–H and O–H groups in total. The third-order valence-corrected chi connectivity index (χ3v) is 3.13. The second kappa shape index (κ2) is 8.53. The van der Waals surface area contributed by atoms with Crippen LogP contribution in [0.15, 0.2) is 53.8 Å². The molecule has 0 spiro atoms. The van der Waals surface area contributed by atoms with E-state index in [0.29, 0.717) is 18.2 Å². The van der Waals surface area contributed by atoms with Gasteiger partial charge in [0.2, 0.25) is 5.91 Å². The van der Waals surface area contributed by atoms with Crippen LogP contribution in [-0.4, -0.2) is 30.4 Å². The number of hydrogen-bond donors (Lipinski definition) is 3. The molecule has 0 radical (unpaired) electrons. The normalized spacial score (nSPS) is 11.0. The molecule has 1 amide bonds. The Kier molecular flexibility index (Phi) is 6.11. The van der Waals surface area contributed by atoms with E-state index in [1.54, 1.807) is 31.6 Å². The van der Waals surface area contributed by atoms with E-state index in [2.05, 4.69) is 45.0 Å². The maximum Gasteiger partial charge on any atom is 0.243 e. The van der Waals surface area contributed by atoms with Crippen molar-refractivity contribution in [2.75, 3.05) is 18.9 Å². The van der Waals surface area contributed by atoms with Gasteiger partial charge in [-0.25, -0.2) is 0 Å². The summed E-state index contributed by atoms with van der Waals surface area (Å²) in [6.45, 7) is 2.83. The van der Waals surface area contributed by atoms with Crippen LogP contribution in [0.3, 0.4) is 0 Å². The fraction of sp³-hybridized carbons (Fsp3) is 0.235. The molecule has 1 aromatic carbocycles. The first-order valence-corrected chi connectivity index (χ1v) is 7.37. The van der Waals surface area contributed by atoms with E-state index in [9.17, 15) is 4.79 Å². The number of aliphatic imine (C=N–C) groups is 1. The summed E-state index contributed by atoms with van der Waals surface area (Å²) in [4.78, 5) is 19.9. The van der Waals surface area contributed by atoms with Crippen LogP contribution in [0.5, 0.6) is 0 Å². The molecular formula is C17H21N5O. The molecule has 0 unspecified atom stereocenters. The molecule has 0 bridgehead atoms. The summed E-state index contributed by atoms with van der Waals surface area (Å²) >= 11 is 0. The van der Waals surface area contributed by atoms with E-state index < -0.39 is 0 Å². The lowest BCUT2D eigenvalue weighted by Gasteiger charge is -2.12. The lowest BCUT2D eigenvalue weighted by atomic mass is 10.1. The van der Waals surface area contributed by atoms with Crippen LogP contribution in [-0.2, 0) is 11.3 Å². The van der Waals surface area contributed by atoms with Gasteiger partial charge >= 0.3 is 0 Å². The number of rotatable bonds is 5. The third-order valence-electron chi connectivity index (χ3n) is 3.13. The van der Waals surface area contributed by atoms with Crippen molar-refractivity contribution in [1.29, 1.82) is 0 Å². The zero-order chi connectivity index (χ0) is 16.5. The Morgan fingerprint density at radius 2 is 2.09 bits per heavy atom. The van der Waals surface area contributed by atoms with Gasteiger partial charge in [0.05, 0.1) is 18.4 Å². The van der Waals surface area contributed by atoms with Crippen molar-refractivity contribution in [3.63, 3.8) is 0 Å². The van der Waals surface area contributed by atoms with Crippen LogP contribution in [0, 0.1) is 6.92 Å². The van der Waals surface area contributed by atoms with Crippen LogP contribution in [0.2, 0.25) is 0 Å². The van der Waals surface area contributed by atoms with Gasteiger partial charge in [0.1, 0.15) is 0 Å². The lowest BCUT2D eigenvalue weighted by Crippen LogP contribution is -2.41. The van der Waals surface area contributed by atoms with Crippen molar-refractivity contribution >= 4 is 17.6 Å². The van der Waals surface area contributed by atoms with Crippen molar-refractivity contribution in [3.05, 3.63) is 59.9 Å². The second-order valence-corrected chi connectivity index (χ2v) is 5.06. The predicted octanol–water partition coefficient (Wildman–Crippen LogP) is 1.69. The van der Waals surface area contributed by atoms with Crippen LogP contribution < -0.4 is 16.0 Å². The summed E-state index contributed by atoms with van der Waals surface area (Å²) in [6, 6.07) is 11.8. The number of nitrogens with one attached hydrogen (secondary N) is 3. The number of carbonyl (C=O) groups excluding carboxylic acids is 1. The van der Waals surface area contributed by atoms with Crippen LogP contribution in [0.4, 0.5) is 5.69 Å². The molecule has 0 aliphatic heterocycles. The largest absolute Gasteiger partial charge is 0.352 e. The first-order chi connectivity index (χ1) is 11.2. The number of anilines is 1. The molecule has 0 atom stereocenters. The highest BCUT2D eigenvalue weighted by Gasteiger charge is 2.04. The van der Waals surface area contributed by atoms with E-state index in [1.165, 1.54) is 5.56 Å². The van der Waals surface area contributed by atoms with Gasteiger partial charge in [0.25, 0.3) is 0 Å². The van der Waals surface area contributed by atoms with Gasteiger partial charge in [0, 0.05) is 19.8 Å². The maximum atomic E-state index is 11.9. The maximum absolute atomic E-state index is 11.9. The van der Waals surface area contributed by atoms with Crippen LogP contribution in [0.1, 0.15) is 11.1 Å². The van der Waals surface area contributed by atoms with Crippen molar-refractivity contribution in [1.82, 2.24) is 15.6 Å². The smallest absolute Gasteiger partial charge is 0.243 e. The number of amides is 1. The number of aryl methyl sites for hydroxylation is 1. The molecule has 2 rings (SSSR count). The molecule has 0 saturated heterocycles. The van der Waals surface area contributed by atoms with E-state index in [0.717, 1.165) is 5.56 Å². The number of pyridine rings is 1. The van der Waals surface area contributed by atoms with Gasteiger partial charge in [-0.2, -0.15) is 0 Å². The molecule has 23 heavy (non-hydrogen) atoms. The zero-order valence-electron chi connectivity index (χ0n) is 13.3. The first kappa shape index (κ1) is 16.5. The highest BCUT2D eigenvalue weighted by Crippen LogP contribution is 2.03. The zero-order valence-corrected chi connectivity index (χ0v) is 13.3. The topological polar surface area (TPSA) is 78.4 Å². The summed E-state index contributed by atoms with van der Waals surface area (Å²) < 4.78 is 0. The number of hydrogen-bond acceptors (Lipinski definition) is 3. The van der Waals surface area contributed by atoms with Gasteiger partial charge in [-0.1, -0.05) is 29.8 Å². The Labute approximate surface area is 136 Å². The van der Waals surface area contributed by atoms with E-state index in [1.807, 2.05) is 12.1 Å². The van der Waals surface area contributed by atoms with E-state index in [-0.39, 0.29) is 12.5 Å². The fourth-order valence-electron chi connectivity index (χ4n) is 2.03. The molecule has 1 heterocycles. The predicted molar refractivity (Wildman–Crippen MR) is 92.2 cm³/mol. The van der Waals surface area contributed by atoms with Gasteiger partial charge in [-0.15, -0.1) is 0 Å². The summed E-state index contributed by atoms with van der Waals surface area (Å²) in [5.41, 5.74) is 3.04. The number of guanidine groups is 1. The quantitative estimate of drug-likeness (QED) is 0.580. The Morgan fingerprint density at radius 1 is 1.22 bits per heavy atom. The van der Waals surface area contributed by atoms with Crippen LogP contribution in [0.25, 0.3) is 0 Å². The van der Waals surface area contributed by atoms with Crippen molar-refractivity contribution in [3.8, 4) is 0 Å². The molecule has 6 nitrogen and oxygen atoms in total. The molecule has 0 aliphatic carbocycles.